The van der Waals surface area contributed by atoms with Gasteiger partial charge in [-0.2, -0.15) is 10.1 Å². The molecular formula is C18H21N5O2. The van der Waals surface area contributed by atoms with Gasteiger partial charge >= 0.3 is 5.63 Å². The minimum absolute atomic E-state index is 0.283. The highest BCUT2D eigenvalue weighted by molar-refractivity contribution is 5.83. The molecule has 7 heteroatoms. The van der Waals surface area contributed by atoms with Crippen LogP contribution in [0.3, 0.4) is 0 Å². The number of anilines is 1. The zero-order valence-electron chi connectivity index (χ0n) is 14.5. The Balaban J connectivity index is 1.56. The van der Waals surface area contributed by atoms with Crippen LogP contribution in [0.4, 0.5) is 5.95 Å². The number of nitrogens with zero attached hydrogens (tertiary/aromatic N) is 4. The molecule has 0 amide bonds. The summed E-state index contributed by atoms with van der Waals surface area (Å²) in [4.78, 5) is 20.7. The van der Waals surface area contributed by atoms with Crippen molar-refractivity contribution < 1.29 is 4.42 Å². The molecule has 1 saturated heterocycles. The first-order valence-electron chi connectivity index (χ1n) is 8.47. The highest BCUT2D eigenvalue weighted by Gasteiger charge is 2.20. The number of aryl methyl sites for hydroxylation is 2. The van der Waals surface area contributed by atoms with Crippen molar-refractivity contribution in [3.8, 4) is 0 Å². The molecule has 25 heavy (non-hydrogen) atoms. The van der Waals surface area contributed by atoms with E-state index >= 15 is 0 Å². The Bertz CT molecular complexity index is 940. The van der Waals surface area contributed by atoms with Crippen LogP contribution in [0.5, 0.6) is 0 Å². The summed E-state index contributed by atoms with van der Waals surface area (Å²) >= 11 is 0. The van der Waals surface area contributed by atoms with Gasteiger partial charge in [0.25, 0.3) is 0 Å². The van der Waals surface area contributed by atoms with Gasteiger partial charge in [-0.25, -0.2) is 9.89 Å². The Morgan fingerprint density at radius 2 is 1.96 bits per heavy atom. The molecule has 3 heterocycles. The molecule has 0 bridgehead atoms. The fourth-order valence-corrected chi connectivity index (χ4v) is 3.52. The summed E-state index contributed by atoms with van der Waals surface area (Å²) in [5, 5.41) is 7.85. The second-order valence-corrected chi connectivity index (χ2v) is 6.62. The van der Waals surface area contributed by atoms with Crippen molar-refractivity contribution in [2.45, 2.75) is 20.4 Å². The van der Waals surface area contributed by atoms with Crippen LogP contribution in [0, 0.1) is 13.8 Å². The molecule has 1 N–H and O–H groups in total. The summed E-state index contributed by atoms with van der Waals surface area (Å²) in [6.45, 7) is 8.38. The minimum Gasteiger partial charge on any atom is -0.422 e. The average molecular weight is 339 g/mol. The first-order valence-corrected chi connectivity index (χ1v) is 8.47. The number of benzene rings is 1. The van der Waals surface area contributed by atoms with Crippen molar-refractivity contribution in [3.05, 3.63) is 51.6 Å². The molecule has 1 aromatic carbocycles. The van der Waals surface area contributed by atoms with E-state index in [1.807, 2.05) is 13.0 Å². The molecular weight excluding hydrogens is 318 g/mol. The number of hydrogen-bond donors (Lipinski definition) is 1. The van der Waals surface area contributed by atoms with Gasteiger partial charge in [-0.3, -0.25) is 4.90 Å². The number of nitrogens with one attached hydrogen (secondary N) is 1. The lowest BCUT2D eigenvalue weighted by molar-refractivity contribution is 0.249. The SMILES string of the molecule is Cc1cc(C)c2oc(=O)cc(CN3CCN(c4ncn[nH]4)CC3)c2c1. The highest BCUT2D eigenvalue weighted by atomic mass is 16.4. The lowest BCUT2D eigenvalue weighted by atomic mass is 10.0. The van der Waals surface area contributed by atoms with E-state index in [2.05, 4.69) is 38.0 Å². The van der Waals surface area contributed by atoms with E-state index in [4.69, 9.17) is 4.42 Å². The number of aromatic amines is 1. The van der Waals surface area contributed by atoms with E-state index in [1.54, 1.807) is 6.07 Å². The number of fused-ring (bicyclic) bond motifs is 1. The fraction of sp³-hybridized carbons (Fsp3) is 0.389. The van der Waals surface area contributed by atoms with Gasteiger partial charge in [0.2, 0.25) is 5.95 Å². The summed E-state index contributed by atoms with van der Waals surface area (Å²) in [5.74, 6) is 0.816. The molecule has 1 aliphatic heterocycles. The maximum atomic E-state index is 12.0. The van der Waals surface area contributed by atoms with E-state index in [0.717, 1.165) is 55.2 Å². The van der Waals surface area contributed by atoms with Crippen molar-refractivity contribution in [2.75, 3.05) is 31.1 Å². The first kappa shape index (κ1) is 15.8. The summed E-state index contributed by atoms with van der Waals surface area (Å²) in [7, 11) is 0. The Kier molecular flexibility index (Phi) is 4.01. The van der Waals surface area contributed by atoms with Gasteiger partial charge in [-0.1, -0.05) is 6.07 Å². The molecule has 0 radical (unpaired) electrons. The van der Waals surface area contributed by atoms with E-state index in [-0.39, 0.29) is 5.63 Å². The Morgan fingerprint density at radius 1 is 1.16 bits per heavy atom. The van der Waals surface area contributed by atoms with E-state index in [0.29, 0.717) is 5.58 Å². The zero-order chi connectivity index (χ0) is 17.4. The summed E-state index contributed by atoms with van der Waals surface area (Å²) in [6.07, 6.45) is 1.53. The van der Waals surface area contributed by atoms with Crippen LogP contribution in [-0.4, -0.2) is 46.3 Å². The molecule has 1 fully saturated rings. The third-order valence-corrected chi connectivity index (χ3v) is 4.73. The summed E-state index contributed by atoms with van der Waals surface area (Å²) in [6, 6.07) is 5.78. The van der Waals surface area contributed by atoms with E-state index in [9.17, 15) is 4.79 Å². The van der Waals surface area contributed by atoms with Crippen molar-refractivity contribution in [3.63, 3.8) is 0 Å². The molecule has 130 valence electrons. The van der Waals surface area contributed by atoms with Crippen LogP contribution >= 0.6 is 0 Å². The minimum atomic E-state index is -0.283. The van der Waals surface area contributed by atoms with Gasteiger partial charge in [0.15, 0.2) is 0 Å². The maximum Gasteiger partial charge on any atom is 0.336 e. The molecule has 0 spiro atoms. The topological polar surface area (TPSA) is 78.3 Å². The van der Waals surface area contributed by atoms with Crippen LogP contribution in [0.15, 0.2) is 33.7 Å². The number of hydrogen-bond acceptors (Lipinski definition) is 6. The van der Waals surface area contributed by atoms with Gasteiger partial charge in [-0.05, 0) is 36.6 Å². The average Bonchev–Trinajstić information content (AvgIpc) is 3.11. The number of piperazine rings is 1. The predicted octanol–water partition coefficient (Wildman–Crippen LogP) is 1.85. The standard InChI is InChI=1S/C18H21N5O2/c1-12-7-13(2)17-15(8-12)14(9-16(24)25-17)10-22-3-5-23(6-4-22)18-19-11-20-21-18/h7-9,11H,3-6,10H2,1-2H3,(H,19,20,21). The Morgan fingerprint density at radius 3 is 2.68 bits per heavy atom. The van der Waals surface area contributed by atoms with Gasteiger partial charge < -0.3 is 9.32 Å². The second kappa shape index (κ2) is 6.33. The van der Waals surface area contributed by atoms with Gasteiger partial charge in [0.1, 0.15) is 11.9 Å². The molecule has 3 aromatic rings. The van der Waals surface area contributed by atoms with Crippen LogP contribution in [0.25, 0.3) is 11.0 Å². The predicted molar refractivity (Wildman–Crippen MR) is 95.8 cm³/mol. The smallest absolute Gasteiger partial charge is 0.336 e. The molecule has 0 unspecified atom stereocenters. The normalized spacial score (nSPS) is 15.8. The van der Waals surface area contributed by atoms with Crippen molar-refractivity contribution >= 4 is 16.9 Å². The Hall–Kier alpha value is -2.67. The molecule has 2 aromatic heterocycles. The van der Waals surface area contributed by atoms with E-state index in [1.165, 1.54) is 11.9 Å². The fourth-order valence-electron chi connectivity index (χ4n) is 3.52. The third kappa shape index (κ3) is 3.15. The molecule has 4 rings (SSSR count). The lowest BCUT2D eigenvalue weighted by Gasteiger charge is -2.34. The number of H-pyrrole nitrogens is 1. The maximum absolute atomic E-state index is 12.0. The van der Waals surface area contributed by atoms with E-state index < -0.39 is 0 Å². The molecule has 0 aliphatic carbocycles. The van der Waals surface area contributed by atoms with Crippen LogP contribution in [0.1, 0.15) is 16.7 Å². The van der Waals surface area contributed by atoms with Crippen molar-refractivity contribution in [1.82, 2.24) is 20.1 Å². The van der Waals surface area contributed by atoms with Crippen LogP contribution in [0.2, 0.25) is 0 Å². The summed E-state index contributed by atoms with van der Waals surface area (Å²) < 4.78 is 5.44. The Labute approximate surface area is 145 Å². The monoisotopic (exact) mass is 339 g/mol. The van der Waals surface area contributed by atoms with Crippen molar-refractivity contribution in [2.24, 2.45) is 0 Å². The number of rotatable bonds is 3. The lowest BCUT2D eigenvalue weighted by Crippen LogP contribution is -2.46. The van der Waals surface area contributed by atoms with Gasteiger partial charge in [0.05, 0.1) is 0 Å². The largest absolute Gasteiger partial charge is 0.422 e. The molecule has 1 aliphatic rings. The molecule has 0 saturated carbocycles. The van der Waals surface area contributed by atoms with Crippen LogP contribution < -0.4 is 10.5 Å². The summed E-state index contributed by atoms with van der Waals surface area (Å²) in [5.41, 5.74) is 3.63. The van der Waals surface area contributed by atoms with Crippen LogP contribution in [-0.2, 0) is 6.54 Å². The first-order chi connectivity index (χ1) is 12.1. The third-order valence-electron chi connectivity index (χ3n) is 4.73. The molecule has 0 atom stereocenters. The molecule has 7 nitrogen and oxygen atoms in total. The second-order valence-electron chi connectivity index (χ2n) is 6.62. The van der Waals surface area contributed by atoms with Gasteiger partial charge in [0, 0.05) is 44.2 Å². The zero-order valence-corrected chi connectivity index (χ0v) is 14.5. The highest BCUT2D eigenvalue weighted by Crippen LogP contribution is 2.24. The number of aromatic nitrogens is 3. The quantitative estimate of drug-likeness (QED) is 0.734. The van der Waals surface area contributed by atoms with Gasteiger partial charge in [-0.15, -0.1) is 0 Å². The van der Waals surface area contributed by atoms with Crippen molar-refractivity contribution in [1.29, 1.82) is 0 Å².